The first-order valence-corrected chi connectivity index (χ1v) is 8.09. The number of amides is 1. The third-order valence-corrected chi connectivity index (χ3v) is 4.60. The van der Waals surface area contributed by atoms with Gasteiger partial charge in [0.15, 0.2) is 11.5 Å². The molecular formula is C18H12F5NO4. The van der Waals surface area contributed by atoms with Gasteiger partial charge in [0.1, 0.15) is 17.6 Å². The number of carbonyl (C=O) groups is 1. The number of nitrogens with two attached hydrogens (primary N) is 1. The number of rotatable bonds is 5. The maximum atomic E-state index is 12.8. The molecular weight excluding hydrogens is 389 g/mol. The van der Waals surface area contributed by atoms with Gasteiger partial charge in [0, 0.05) is 17.5 Å². The number of fused-ring (bicyclic) bond motifs is 3. The molecule has 2 aromatic rings. The van der Waals surface area contributed by atoms with Crippen LogP contribution in [0.15, 0.2) is 36.4 Å². The third kappa shape index (κ3) is 3.19. The van der Waals surface area contributed by atoms with E-state index in [0.29, 0.717) is 17.9 Å². The Morgan fingerprint density at radius 1 is 1.11 bits per heavy atom. The van der Waals surface area contributed by atoms with Crippen LogP contribution < -0.4 is 19.9 Å². The van der Waals surface area contributed by atoms with Crippen LogP contribution in [-0.4, -0.2) is 18.6 Å². The summed E-state index contributed by atoms with van der Waals surface area (Å²) < 4.78 is 78.8. The Morgan fingerprint density at radius 2 is 1.86 bits per heavy atom. The molecule has 2 aliphatic rings. The van der Waals surface area contributed by atoms with Crippen molar-refractivity contribution in [1.82, 2.24) is 0 Å². The Morgan fingerprint density at radius 3 is 2.50 bits per heavy atom. The fourth-order valence-electron chi connectivity index (χ4n) is 3.33. The summed E-state index contributed by atoms with van der Waals surface area (Å²) in [7, 11) is 0. The number of hydrogen-bond donors (Lipinski definition) is 1. The molecule has 3 atom stereocenters. The summed E-state index contributed by atoms with van der Waals surface area (Å²) in [6, 6.07) is 6.63. The lowest BCUT2D eigenvalue weighted by Crippen LogP contribution is -2.18. The van der Waals surface area contributed by atoms with E-state index in [4.69, 9.17) is 15.2 Å². The van der Waals surface area contributed by atoms with Crippen LogP contribution in [0.25, 0.3) is 0 Å². The van der Waals surface area contributed by atoms with Crippen molar-refractivity contribution in [1.29, 1.82) is 0 Å². The zero-order valence-corrected chi connectivity index (χ0v) is 13.9. The molecule has 5 nitrogen and oxygen atoms in total. The minimum Gasteiger partial charge on any atom is -0.488 e. The van der Waals surface area contributed by atoms with Gasteiger partial charge >= 0.3 is 12.8 Å². The molecule has 0 radical (unpaired) electrons. The van der Waals surface area contributed by atoms with Crippen LogP contribution in [0.2, 0.25) is 0 Å². The number of carbonyl (C=O) groups excluding carboxylic acids is 1. The SMILES string of the molecule is NC(=O)[C@H]1[C@@H]2Oc3cc(Oc4ccc(C(F)(F)F)cc4OC(F)F)ccc3[C@@H]21. The average molecular weight is 401 g/mol. The Hall–Kier alpha value is -3.04. The van der Waals surface area contributed by atoms with E-state index in [1.54, 1.807) is 6.07 Å². The first-order chi connectivity index (χ1) is 13.1. The topological polar surface area (TPSA) is 70.8 Å². The second-order valence-electron chi connectivity index (χ2n) is 6.38. The third-order valence-electron chi connectivity index (χ3n) is 4.60. The molecule has 1 amide bonds. The summed E-state index contributed by atoms with van der Waals surface area (Å²) >= 11 is 0. The Balaban J connectivity index is 1.59. The van der Waals surface area contributed by atoms with Crippen LogP contribution >= 0.6 is 0 Å². The smallest absolute Gasteiger partial charge is 0.416 e. The number of alkyl halides is 5. The first-order valence-electron chi connectivity index (χ1n) is 8.09. The predicted octanol–water partition coefficient (Wildman–Crippen LogP) is 4.06. The number of ether oxygens (including phenoxy) is 3. The Labute approximate surface area is 154 Å². The zero-order valence-electron chi connectivity index (χ0n) is 13.9. The predicted molar refractivity (Wildman–Crippen MR) is 84.4 cm³/mol. The molecule has 0 saturated heterocycles. The molecule has 0 aromatic heterocycles. The van der Waals surface area contributed by atoms with Gasteiger partial charge in [0.2, 0.25) is 5.91 Å². The molecule has 1 heterocycles. The standard InChI is InChI=1S/C18H12F5NO4/c19-17(20)28-12-5-7(18(21,22)23)1-4-10(12)26-8-2-3-9-11(6-8)27-15-13(9)14(15)16(24)25/h1-6,13-15,17H,(H2,24,25)/t13-,14-,15-/m1/s1. The highest BCUT2D eigenvalue weighted by Gasteiger charge is 2.61. The average Bonchev–Trinajstić information content (AvgIpc) is 3.18. The fraction of sp³-hybridized carbons (Fsp3) is 0.278. The molecule has 0 spiro atoms. The van der Waals surface area contributed by atoms with Crippen molar-refractivity contribution in [3.05, 3.63) is 47.5 Å². The van der Waals surface area contributed by atoms with E-state index < -0.39 is 30.0 Å². The summed E-state index contributed by atoms with van der Waals surface area (Å²) in [6.07, 6.45) is -5.07. The maximum absolute atomic E-state index is 12.8. The molecule has 1 aliphatic heterocycles. The van der Waals surface area contributed by atoms with E-state index in [1.807, 2.05) is 0 Å². The van der Waals surface area contributed by atoms with E-state index in [2.05, 4.69) is 4.74 Å². The van der Waals surface area contributed by atoms with Crippen molar-refractivity contribution in [3.63, 3.8) is 0 Å². The number of benzene rings is 2. The molecule has 148 valence electrons. The summed E-state index contributed by atoms with van der Waals surface area (Å²) in [5.41, 5.74) is 4.89. The molecule has 1 fully saturated rings. The Kier molecular flexibility index (Phi) is 4.09. The highest BCUT2D eigenvalue weighted by molar-refractivity contribution is 5.84. The highest BCUT2D eigenvalue weighted by atomic mass is 19.4. The monoisotopic (exact) mass is 401 g/mol. The fourth-order valence-corrected chi connectivity index (χ4v) is 3.33. The van der Waals surface area contributed by atoms with Gasteiger partial charge < -0.3 is 19.9 Å². The summed E-state index contributed by atoms with van der Waals surface area (Å²) in [4.78, 5) is 11.3. The van der Waals surface area contributed by atoms with Crippen molar-refractivity contribution in [2.75, 3.05) is 0 Å². The Bertz CT molecular complexity index is 946. The molecule has 0 unspecified atom stereocenters. The number of primary amides is 1. The van der Waals surface area contributed by atoms with Crippen molar-refractivity contribution >= 4 is 5.91 Å². The van der Waals surface area contributed by atoms with Gasteiger partial charge in [0.05, 0.1) is 11.5 Å². The second-order valence-corrected chi connectivity index (χ2v) is 6.38. The van der Waals surface area contributed by atoms with Crippen molar-refractivity contribution in [2.24, 2.45) is 11.7 Å². The van der Waals surface area contributed by atoms with Crippen LogP contribution in [0.5, 0.6) is 23.0 Å². The largest absolute Gasteiger partial charge is 0.488 e. The second kappa shape index (κ2) is 6.25. The van der Waals surface area contributed by atoms with Crippen LogP contribution in [-0.2, 0) is 11.0 Å². The molecule has 0 bridgehead atoms. The summed E-state index contributed by atoms with van der Waals surface area (Å²) in [6.45, 7) is -3.33. The van der Waals surface area contributed by atoms with E-state index in [1.165, 1.54) is 12.1 Å². The van der Waals surface area contributed by atoms with Crippen molar-refractivity contribution < 1.29 is 41.0 Å². The maximum Gasteiger partial charge on any atom is 0.416 e. The normalized spacial score (nSPS) is 22.3. The van der Waals surface area contributed by atoms with Crippen molar-refractivity contribution in [2.45, 2.75) is 24.8 Å². The van der Waals surface area contributed by atoms with Gasteiger partial charge in [0.25, 0.3) is 0 Å². The minimum absolute atomic E-state index is 0.134. The minimum atomic E-state index is -4.72. The lowest BCUT2D eigenvalue weighted by molar-refractivity contribution is -0.138. The number of halogens is 5. The van der Waals surface area contributed by atoms with Gasteiger partial charge in [-0.2, -0.15) is 22.0 Å². The molecule has 2 aromatic carbocycles. The quantitative estimate of drug-likeness (QED) is 0.768. The summed E-state index contributed by atoms with van der Waals surface area (Å²) in [5.74, 6) is -1.46. The molecule has 4 rings (SSSR count). The highest BCUT2D eigenvalue weighted by Crippen LogP contribution is 2.58. The van der Waals surface area contributed by atoms with Gasteiger partial charge in [-0.1, -0.05) is 6.07 Å². The van der Waals surface area contributed by atoms with Crippen LogP contribution in [0.1, 0.15) is 17.0 Å². The van der Waals surface area contributed by atoms with Crippen LogP contribution in [0, 0.1) is 5.92 Å². The van der Waals surface area contributed by atoms with Crippen molar-refractivity contribution in [3.8, 4) is 23.0 Å². The van der Waals surface area contributed by atoms with Gasteiger partial charge in [-0.05, 0) is 24.3 Å². The van der Waals surface area contributed by atoms with E-state index in [-0.39, 0.29) is 29.4 Å². The first kappa shape index (κ1) is 18.3. The lowest BCUT2D eigenvalue weighted by atomic mass is 10.1. The van der Waals surface area contributed by atoms with Crippen LogP contribution in [0.4, 0.5) is 22.0 Å². The molecule has 28 heavy (non-hydrogen) atoms. The molecule has 1 saturated carbocycles. The van der Waals surface area contributed by atoms with Gasteiger partial charge in [-0.15, -0.1) is 0 Å². The van der Waals surface area contributed by atoms with E-state index >= 15 is 0 Å². The van der Waals surface area contributed by atoms with Crippen LogP contribution in [0.3, 0.4) is 0 Å². The molecule has 2 N–H and O–H groups in total. The molecule has 1 aliphatic carbocycles. The number of hydrogen-bond acceptors (Lipinski definition) is 4. The molecule has 10 heteroatoms. The van der Waals surface area contributed by atoms with Gasteiger partial charge in [-0.25, -0.2) is 0 Å². The van der Waals surface area contributed by atoms with E-state index in [0.717, 1.165) is 11.6 Å². The van der Waals surface area contributed by atoms with Gasteiger partial charge in [-0.3, -0.25) is 4.79 Å². The summed E-state index contributed by atoms with van der Waals surface area (Å²) in [5, 5.41) is 0. The lowest BCUT2D eigenvalue weighted by Gasteiger charge is -2.15. The van der Waals surface area contributed by atoms with E-state index in [9.17, 15) is 26.7 Å². The zero-order chi connectivity index (χ0) is 20.2.